The number of benzene rings is 1. The van der Waals surface area contributed by atoms with Crippen molar-refractivity contribution in [2.45, 2.75) is 25.0 Å². The first-order valence-electron chi connectivity index (χ1n) is 5.28. The number of rotatable bonds is 1. The second-order valence-electron chi connectivity index (χ2n) is 4.04. The molecule has 86 valence electrons. The predicted octanol–water partition coefficient (Wildman–Crippen LogP) is 0.780. The number of hydrogen-bond donors (Lipinski definition) is 2. The maximum atomic E-state index is 11.4. The van der Waals surface area contributed by atoms with Crippen LogP contribution in [0.1, 0.15) is 33.9 Å². The van der Waals surface area contributed by atoms with Gasteiger partial charge < -0.3 is 15.6 Å². The van der Waals surface area contributed by atoms with E-state index in [1.807, 2.05) is 6.07 Å². The molecule has 2 atom stereocenters. The Balaban J connectivity index is 2.40. The maximum absolute atomic E-state index is 11.4. The summed E-state index contributed by atoms with van der Waals surface area (Å²) in [7, 11) is 1.34. The third-order valence-corrected chi connectivity index (χ3v) is 3.05. The highest BCUT2D eigenvalue weighted by atomic mass is 16.5. The zero-order chi connectivity index (χ0) is 11.7. The Morgan fingerprint density at radius 2 is 2.31 bits per heavy atom. The number of hydrogen-bond acceptors (Lipinski definition) is 4. The quantitative estimate of drug-likeness (QED) is 0.687. The number of ether oxygens (including phenoxy) is 1. The molecule has 4 nitrogen and oxygen atoms in total. The third kappa shape index (κ3) is 1.81. The van der Waals surface area contributed by atoms with E-state index in [1.165, 1.54) is 7.11 Å². The molecule has 1 aliphatic carbocycles. The molecule has 0 heterocycles. The topological polar surface area (TPSA) is 72.5 Å². The van der Waals surface area contributed by atoms with Crippen LogP contribution in [-0.2, 0) is 11.2 Å². The summed E-state index contributed by atoms with van der Waals surface area (Å²) in [6.45, 7) is 0. The second-order valence-corrected chi connectivity index (χ2v) is 4.04. The van der Waals surface area contributed by atoms with Gasteiger partial charge in [-0.05, 0) is 36.1 Å². The van der Waals surface area contributed by atoms with Crippen molar-refractivity contribution < 1.29 is 14.6 Å². The fraction of sp³-hybridized carbons (Fsp3) is 0.417. The standard InChI is InChI=1S/C12H15NO3/c1-16-12(15)8-3-2-7-4-5-10(14)11(13)9(7)6-8/h2-3,6,10-11,14H,4-5,13H2,1H3/t10-,11?/m1/s1. The largest absolute Gasteiger partial charge is 0.465 e. The van der Waals surface area contributed by atoms with Crippen molar-refractivity contribution in [3.05, 3.63) is 34.9 Å². The predicted molar refractivity (Wildman–Crippen MR) is 59.0 cm³/mol. The first-order chi connectivity index (χ1) is 7.63. The minimum Gasteiger partial charge on any atom is -0.465 e. The smallest absolute Gasteiger partial charge is 0.337 e. The van der Waals surface area contributed by atoms with E-state index in [0.29, 0.717) is 12.0 Å². The van der Waals surface area contributed by atoms with E-state index in [0.717, 1.165) is 17.5 Å². The van der Waals surface area contributed by atoms with Crippen molar-refractivity contribution in [1.29, 1.82) is 0 Å². The van der Waals surface area contributed by atoms with Gasteiger partial charge in [-0.1, -0.05) is 6.07 Å². The Hall–Kier alpha value is -1.39. The first kappa shape index (κ1) is 11.1. The minimum absolute atomic E-state index is 0.380. The Morgan fingerprint density at radius 3 is 3.00 bits per heavy atom. The van der Waals surface area contributed by atoms with Crippen molar-refractivity contribution >= 4 is 5.97 Å². The highest BCUT2D eigenvalue weighted by Gasteiger charge is 2.25. The Kier molecular flexibility index (Phi) is 2.94. The highest BCUT2D eigenvalue weighted by Crippen LogP contribution is 2.29. The Morgan fingerprint density at radius 1 is 1.56 bits per heavy atom. The van der Waals surface area contributed by atoms with Gasteiger partial charge in [0.1, 0.15) is 0 Å². The Bertz CT molecular complexity index is 417. The second kappa shape index (κ2) is 4.23. The summed E-state index contributed by atoms with van der Waals surface area (Å²) in [6.07, 6.45) is 0.942. The monoisotopic (exact) mass is 221 g/mol. The molecule has 1 aliphatic rings. The fourth-order valence-electron chi connectivity index (χ4n) is 2.07. The lowest BCUT2D eigenvalue weighted by atomic mass is 9.85. The lowest BCUT2D eigenvalue weighted by molar-refractivity contribution is 0.0600. The summed E-state index contributed by atoms with van der Waals surface area (Å²) < 4.78 is 4.65. The number of nitrogens with two attached hydrogens (primary N) is 1. The molecular weight excluding hydrogens is 206 g/mol. The number of aliphatic hydroxyl groups is 1. The number of aliphatic hydroxyl groups excluding tert-OH is 1. The van der Waals surface area contributed by atoms with Crippen molar-refractivity contribution in [3.63, 3.8) is 0 Å². The molecule has 0 bridgehead atoms. The van der Waals surface area contributed by atoms with E-state index in [4.69, 9.17) is 5.73 Å². The molecule has 0 radical (unpaired) electrons. The molecule has 0 aliphatic heterocycles. The zero-order valence-electron chi connectivity index (χ0n) is 9.14. The number of aryl methyl sites for hydroxylation is 1. The number of esters is 1. The van der Waals surface area contributed by atoms with Crippen LogP contribution in [0, 0.1) is 0 Å². The summed E-state index contributed by atoms with van der Waals surface area (Å²) in [4.78, 5) is 11.4. The van der Waals surface area contributed by atoms with Crippen molar-refractivity contribution in [2.24, 2.45) is 5.73 Å². The van der Waals surface area contributed by atoms with Gasteiger partial charge in [0, 0.05) is 0 Å². The lowest BCUT2D eigenvalue weighted by Crippen LogP contribution is -2.31. The number of carbonyl (C=O) groups excluding carboxylic acids is 1. The van der Waals surface area contributed by atoms with E-state index in [9.17, 15) is 9.90 Å². The van der Waals surface area contributed by atoms with Crippen LogP contribution in [0.4, 0.5) is 0 Å². The lowest BCUT2D eigenvalue weighted by Gasteiger charge is -2.27. The summed E-state index contributed by atoms with van der Waals surface area (Å²) >= 11 is 0. The minimum atomic E-state index is -0.527. The van der Waals surface area contributed by atoms with E-state index >= 15 is 0 Å². The van der Waals surface area contributed by atoms with Gasteiger partial charge in [-0.25, -0.2) is 4.79 Å². The summed E-state index contributed by atoms with van der Waals surface area (Å²) in [6, 6.07) is 4.92. The molecule has 2 rings (SSSR count). The summed E-state index contributed by atoms with van der Waals surface area (Å²) in [5.41, 5.74) is 8.33. The van der Waals surface area contributed by atoms with Gasteiger partial charge in [-0.2, -0.15) is 0 Å². The van der Waals surface area contributed by atoms with Crippen LogP contribution in [0.15, 0.2) is 18.2 Å². The normalized spacial score (nSPS) is 23.7. The van der Waals surface area contributed by atoms with Crippen LogP contribution in [0.25, 0.3) is 0 Å². The van der Waals surface area contributed by atoms with Crippen molar-refractivity contribution in [3.8, 4) is 0 Å². The zero-order valence-corrected chi connectivity index (χ0v) is 9.14. The fourth-order valence-corrected chi connectivity index (χ4v) is 2.07. The van der Waals surface area contributed by atoms with Gasteiger partial charge in [-0.15, -0.1) is 0 Å². The molecule has 3 N–H and O–H groups in total. The van der Waals surface area contributed by atoms with E-state index < -0.39 is 12.1 Å². The molecule has 1 aromatic rings. The molecule has 0 amide bonds. The van der Waals surface area contributed by atoms with Crippen LogP contribution in [0.5, 0.6) is 0 Å². The van der Waals surface area contributed by atoms with E-state index in [1.54, 1.807) is 12.1 Å². The first-order valence-corrected chi connectivity index (χ1v) is 5.28. The molecule has 0 aromatic heterocycles. The highest BCUT2D eigenvalue weighted by molar-refractivity contribution is 5.89. The van der Waals surface area contributed by atoms with Crippen LogP contribution in [0.3, 0.4) is 0 Å². The van der Waals surface area contributed by atoms with E-state index in [2.05, 4.69) is 4.74 Å². The molecule has 16 heavy (non-hydrogen) atoms. The number of fused-ring (bicyclic) bond motifs is 1. The van der Waals surface area contributed by atoms with Crippen LogP contribution in [0.2, 0.25) is 0 Å². The van der Waals surface area contributed by atoms with Gasteiger partial charge in [0.25, 0.3) is 0 Å². The van der Waals surface area contributed by atoms with Crippen molar-refractivity contribution in [1.82, 2.24) is 0 Å². The average molecular weight is 221 g/mol. The molecular formula is C12H15NO3. The van der Waals surface area contributed by atoms with Crippen LogP contribution >= 0.6 is 0 Å². The number of carbonyl (C=O) groups is 1. The summed E-state index contributed by atoms with van der Waals surface area (Å²) in [5, 5.41) is 9.67. The van der Waals surface area contributed by atoms with Crippen LogP contribution < -0.4 is 5.73 Å². The van der Waals surface area contributed by atoms with Gasteiger partial charge in [0.15, 0.2) is 0 Å². The maximum Gasteiger partial charge on any atom is 0.337 e. The van der Waals surface area contributed by atoms with Gasteiger partial charge in [-0.3, -0.25) is 0 Å². The molecule has 0 fully saturated rings. The average Bonchev–Trinajstić information content (AvgIpc) is 2.32. The van der Waals surface area contributed by atoms with Gasteiger partial charge in [0.2, 0.25) is 0 Å². The Labute approximate surface area is 94.0 Å². The third-order valence-electron chi connectivity index (χ3n) is 3.05. The van der Waals surface area contributed by atoms with Gasteiger partial charge >= 0.3 is 5.97 Å². The molecule has 1 unspecified atom stereocenters. The van der Waals surface area contributed by atoms with Crippen molar-refractivity contribution in [2.75, 3.05) is 7.11 Å². The SMILES string of the molecule is COC(=O)c1ccc2c(c1)C(N)[C@H](O)CC2. The molecule has 0 saturated heterocycles. The van der Waals surface area contributed by atoms with E-state index in [-0.39, 0.29) is 5.97 Å². The number of methoxy groups -OCH3 is 1. The van der Waals surface area contributed by atoms with Gasteiger partial charge in [0.05, 0.1) is 24.8 Å². The molecule has 0 saturated carbocycles. The molecule has 0 spiro atoms. The van der Waals surface area contributed by atoms with Crippen LogP contribution in [-0.4, -0.2) is 24.3 Å². The molecule has 4 heteroatoms. The molecule has 1 aromatic carbocycles. The summed E-state index contributed by atoms with van der Waals surface area (Å²) in [5.74, 6) is -0.380.